The predicted octanol–water partition coefficient (Wildman–Crippen LogP) is 6.32. The van der Waals surface area contributed by atoms with Gasteiger partial charge in [0.1, 0.15) is 30.5 Å². The normalized spacial score (nSPS) is 11.2. The number of rotatable bonds is 11. The van der Waals surface area contributed by atoms with E-state index in [4.69, 9.17) is 9.47 Å². The molecule has 0 amide bonds. The molecule has 0 heterocycles. The van der Waals surface area contributed by atoms with Crippen LogP contribution in [0.15, 0.2) is 72.3 Å². The first kappa shape index (κ1) is 24.8. The maximum absolute atomic E-state index is 13.2. The number of carboxylic acid groups (broad SMARTS) is 1. The van der Waals surface area contributed by atoms with Crippen LogP contribution in [0.1, 0.15) is 36.5 Å². The highest BCUT2D eigenvalue weighted by molar-refractivity contribution is 5.92. The van der Waals surface area contributed by atoms with Gasteiger partial charge >= 0.3 is 5.97 Å². The number of ether oxygens (including phenoxy) is 2. The summed E-state index contributed by atoms with van der Waals surface area (Å²) in [5, 5.41) is 9.59. The van der Waals surface area contributed by atoms with Gasteiger partial charge in [0, 0.05) is 30.9 Å². The molecule has 178 valence electrons. The van der Waals surface area contributed by atoms with Crippen molar-refractivity contribution in [1.82, 2.24) is 0 Å². The second-order valence-electron chi connectivity index (χ2n) is 8.19. The van der Waals surface area contributed by atoms with Crippen molar-refractivity contribution in [3.05, 3.63) is 94.8 Å². The first-order chi connectivity index (χ1) is 16.4. The van der Waals surface area contributed by atoms with Crippen molar-refractivity contribution in [3.63, 3.8) is 0 Å². The second-order valence-corrected chi connectivity index (χ2v) is 8.19. The molecule has 0 bridgehead atoms. The van der Waals surface area contributed by atoms with Crippen LogP contribution in [0.2, 0.25) is 0 Å². The molecule has 5 nitrogen and oxygen atoms in total. The number of hydrogen-bond acceptors (Lipinski definition) is 4. The molecule has 0 fully saturated rings. The Morgan fingerprint density at radius 3 is 2.15 bits per heavy atom. The molecule has 0 aliphatic heterocycles. The third-order valence-electron chi connectivity index (χ3n) is 5.27. The van der Waals surface area contributed by atoms with Crippen molar-refractivity contribution in [2.24, 2.45) is 0 Å². The van der Waals surface area contributed by atoms with Crippen LogP contribution < -0.4 is 14.4 Å². The molecule has 3 aromatic carbocycles. The van der Waals surface area contributed by atoms with Gasteiger partial charge in [-0.1, -0.05) is 37.6 Å². The molecule has 0 radical (unpaired) electrons. The van der Waals surface area contributed by atoms with E-state index in [2.05, 4.69) is 0 Å². The fourth-order valence-corrected chi connectivity index (χ4v) is 3.36. The van der Waals surface area contributed by atoms with Gasteiger partial charge in [-0.25, -0.2) is 9.18 Å². The van der Waals surface area contributed by atoms with E-state index in [-0.39, 0.29) is 12.4 Å². The Hall–Kier alpha value is -3.80. The van der Waals surface area contributed by atoms with Crippen LogP contribution in [0.4, 0.5) is 10.1 Å². The predicted molar refractivity (Wildman–Crippen MR) is 133 cm³/mol. The molecule has 0 aliphatic rings. The fourth-order valence-electron chi connectivity index (χ4n) is 3.36. The van der Waals surface area contributed by atoms with E-state index in [0.717, 1.165) is 16.8 Å². The third-order valence-corrected chi connectivity index (χ3v) is 5.27. The van der Waals surface area contributed by atoms with E-state index in [1.807, 2.05) is 50.2 Å². The lowest BCUT2D eigenvalue weighted by Crippen LogP contribution is -2.08. The van der Waals surface area contributed by atoms with E-state index in [0.29, 0.717) is 42.1 Å². The molecular formula is C28H30FNO4. The second kappa shape index (κ2) is 11.9. The number of carbonyl (C=O) groups is 1. The summed E-state index contributed by atoms with van der Waals surface area (Å²) in [6.45, 7) is 2.55. The van der Waals surface area contributed by atoms with Gasteiger partial charge in [0.25, 0.3) is 0 Å². The highest BCUT2D eigenvalue weighted by Gasteiger charge is 2.11. The summed E-state index contributed by atoms with van der Waals surface area (Å²) >= 11 is 0. The molecule has 0 saturated heterocycles. The zero-order valence-corrected chi connectivity index (χ0v) is 19.8. The Morgan fingerprint density at radius 1 is 0.941 bits per heavy atom. The molecule has 0 atom stereocenters. The molecule has 6 heteroatoms. The number of anilines is 1. The van der Waals surface area contributed by atoms with Crippen molar-refractivity contribution in [3.8, 4) is 11.5 Å². The average Bonchev–Trinajstić information content (AvgIpc) is 2.83. The highest BCUT2D eigenvalue weighted by Crippen LogP contribution is 2.29. The first-order valence-corrected chi connectivity index (χ1v) is 11.2. The van der Waals surface area contributed by atoms with Gasteiger partial charge in [-0.2, -0.15) is 0 Å². The van der Waals surface area contributed by atoms with Crippen LogP contribution in [0.5, 0.6) is 11.5 Å². The maximum Gasteiger partial charge on any atom is 0.331 e. The number of benzene rings is 3. The van der Waals surface area contributed by atoms with Crippen LogP contribution in [0.25, 0.3) is 6.08 Å². The smallest absolute Gasteiger partial charge is 0.331 e. The number of carboxylic acids is 1. The van der Waals surface area contributed by atoms with E-state index in [1.165, 1.54) is 12.1 Å². The van der Waals surface area contributed by atoms with Gasteiger partial charge in [-0.05, 0) is 66.1 Å². The number of hydrogen-bond donors (Lipinski definition) is 1. The summed E-state index contributed by atoms with van der Waals surface area (Å²) in [7, 11) is 3.98. The molecular weight excluding hydrogens is 433 g/mol. The van der Waals surface area contributed by atoms with Crippen molar-refractivity contribution in [1.29, 1.82) is 0 Å². The van der Waals surface area contributed by atoms with Crippen LogP contribution in [-0.2, 0) is 18.0 Å². The summed E-state index contributed by atoms with van der Waals surface area (Å²) in [5.41, 5.74) is 3.86. The molecule has 0 saturated carbocycles. The Balaban J connectivity index is 1.81. The van der Waals surface area contributed by atoms with Gasteiger partial charge in [0.05, 0.1) is 0 Å². The zero-order valence-electron chi connectivity index (χ0n) is 19.8. The van der Waals surface area contributed by atoms with E-state index < -0.39 is 5.97 Å². The number of halogens is 1. The van der Waals surface area contributed by atoms with Crippen LogP contribution in [0, 0.1) is 5.82 Å². The average molecular weight is 464 g/mol. The Labute approximate surface area is 200 Å². The molecule has 3 aromatic rings. The zero-order chi connectivity index (χ0) is 24.5. The third kappa shape index (κ3) is 7.10. The lowest BCUT2D eigenvalue weighted by atomic mass is 10.1. The summed E-state index contributed by atoms with van der Waals surface area (Å²) in [4.78, 5) is 13.7. The van der Waals surface area contributed by atoms with Gasteiger partial charge in [-0.15, -0.1) is 0 Å². The van der Waals surface area contributed by atoms with Crippen molar-refractivity contribution >= 4 is 17.7 Å². The van der Waals surface area contributed by atoms with Crippen LogP contribution >= 0.6 is 0 Å². The van der Waals surface area contributed by atoms with E-state index >= 15 is 0 Å². The minimum absolute atomic E-state index is 0.232. The summed E-state index contributed by atoms with van der Waals surface area (Å²) in [6, 6.07) is 19.5. The SMILES string of the molecule is CCC/C(=C\c1cc(OCc2ccc(N(C)C)cc2)ccc1OCc1ccc(F)cc1)C(=O)O. The largest absolute Gasteiger partial charge is 0.489 e. The topological polar surface area (TPSA) is 59.0 Å². The molecule has 0 spiro atoms. The molecule has 0 aliphatic carbocycles. The van der Waals surface area contributed by atoms with Crippen molar-refractivity contribution in [2.75, 3.05) is 19.0 Å². The fraction of sp³-hybridized carbons (Fsp3) is 0.250. The Morgan fingerprint density at radius 2 is 1.56 bits per heavy atom. The van der Waals surface area contributed by atoms with Gasteiger partial charge in [0.2, 0.25) is 0 Å². The first-order valence-electron chi connectivity index (χ1n) is 11.2. The van der Waals surface area contributed by atoms with E-state index in [9.17, 15) is 14.3 Å². The highest BCUT2D eigenvalue weighted by atomic mass is 19.1. The standard InChI is InChI=1S/C28H30FNO4/c1-4-5-22(28(31)32)16-23-17-26(33-18-21-8-12-25(13-9-21)30(2)3)14-15-27(23)34-19-20-6-10-24(29)11-7-20/h6-17H,4-5,18-19H2,1-3H3,(H,31,32)/b22-16+. The molecule has 0 unspecified atom stereocenters. The van der Waals surface area contributed by atoms with Gasteiger partial charge in [0.15, 0.2) is 0 Å². The van der Waals surface area contributed by atoms with Gasteiger partial charge < -0.3 is 19.5 Å². The minimum atomic E-state index is -0.960. The minimum Gasteiger partial charge on any atom is -0.489 e. The molecule has 1 N–H and O–H groups in total. The lowest BCUT2D eigenvalue weighted by molar-refractivity contribution is -0.132. The molecule has 3 rings (SSSR count). The summed E-state index contributed by atoms with van der Waals surface area (Å²) in [5.74, 6) is -0.130. The lowest BCUT2D eigenvalue weighted by Gasteiger charge is -2.14. The summed E-state index contributed by atoms with van der Waals surface area (Å²) < 4.78 is 25.1. The monoisotopic (exact) mass is 463 g/mol. The molecule has 0 aromatic heterocycles. The van der Waals surface area contributed by atoms with Crippen molar-refractivity contribution < 1.29 is 23.8 Å². The van der Waals surface area contributed by atoms with Crippen molar-refractivity contribution in [2.45, 2.75) is 33.0 Å². The Bertz CT molecular complexity index is 1120. The van der Waals surface area contributed by atoms with E-state index in [1.54, 1.807) is 36.4 Å². The summed E-state index contributed by atoms with van der Waals surface area (Å²) in [6.07, 6.45) is 2.78. The Kier molecular flexibility index (Phi) is 8.68. The maximum atomic E-state index is 13.2. The van der Waals surface area contributed by atoms with Crippen LogP contribution in [-0.4, -0.2) is 25.2 Å². The van der Waals surface area contributed by atoms with Gasteiger partial charge in [-0.3, -0.25) is 0 Å². The molecule has 34 heavy (non-hydrogen) atoms. The quantitative estimate of drug-likeness (QED) is 0.337. The number of aliphatic carboxylic acids is 1. The number of nitrogens with zero attached hydrogens (tertiary/aromatic N) is 1. The van der Waals surface area contributed by atoms with Crippen LogP contribution in [0.3, 0.4) is 0 Å².